The molecule has 0 radical (unpaired) electrons. The molecule has 1 aromatic carbocycles. The molecule has 27 heavy (non-hydrogen) atoms. The zero-order valence-electron chi connectivity index (χ0n) is 15.4. The lowest BCUT2D eigenvalue weighted by Gasteiger charge is -2.34. The number of piperazine rings is 1. The lowest BCUT2D eigenvalue weighted by atomic mass is 10.2. The Bertz CT molecular complexity index is 1010. The van der Waals surface area contributed by atoms with Crippen molar-refractivity contribution in [2.75, 3.05) is 38.2 Å². The van der Waals surface area contributed by atoms with Crippen LogP contribution in [0.3, 0.4) is 0 Å². The zero-order valence-corrected chi connectivity index (χ0v) is 17.0. The molecule has 1 aliphatic rings. The average molecular weight is 406 g/mol. The molecule has 1 aliphatic heterocycles. The second kappa shape index (κ2) is 7.01. The molecule has 1 fully saturated rings. The molecule has 9 heteroatoms. The SMILES string of the molecule is COc1ccc(Cl)c2sc(N3CCN(C(=O)c4nn(C)cc4C)CC3)nc12. The van der Waals surface area contributed by atoms with Gasteiger partial charge in [-0.3, -0.25) is 9.48 Å². The molecule has 0 bridgehead atoms. The molecule has 3 aromatic rings. The maximum absolute atomic E-state index is 12.7. The first kappa shape index (κ1) is 18.1. The van der Waals surface area contributed by atoms with E-state index in [1.165, 1.54) is 0 Å². The summed E-state index contributed by atoms with van der Waals surface area (Å²) in [5.74, 6) is 0.707. The summed E-state index contributed by atoms with van der Waals surface area (Å²) < 4.78 is 8.00. The monoisotopic (exact) mass is 405 g/mol. The molecular weight excluding hydrogens is 386 g/mol. The Morgan fingerprint density at radius 3 is 2.63 bits per heavy atom. The third-order valence-corrected chi connectivity index (χ3v) is 6.30. The van der Waals surface area contributed by atoms with Gasteiger partial charge in [0.15, 0.2) is 10.8 Å². The first-order chi connectivity index (χ1) is 13.0. The Labute approximate surface area is 166 Å². The summed E-state index contributed by atoms with van der Waals surface area (Å²) in [6.45, 7) is 4.62. The molecule has 0 atom stereocenters. The molecule has 142 valence electrons. The van der Waals surface area contributed by atoms with Gasteiger partial charge in [0.2, 0.25) is 0 Å². The van der Waals surface area contributed by atoms with E-state index < -0.39 is 0 Å². The summed E-state index contributed by atoms with van der Waals surface area (Å²) in [4.78, 5) is 21.5. The fourth-order valence-electron chi connectivity index (χ4n) is 3.31. The van der Waals surface area contributed by atoms with Crippen LogP contribution in [0.15, 0.2) is 18.3 Å². The highest BCUT2D eigenvalue weighted by Crippen LogP contribution is 2.38. The minimum absolute atomic E-state index is 0.0123. The largest absolute Gasteiger partial charge is 0.494 e. The molecule has 0 aliphatic carbocycles. The number of aromatic nitrogens is 3. The van der Waals surface area contributed by atoms with Crippen molar-refractivity contribution in [3.8, 4) is 5.75 Å². The van der Waals surface area contributed by atoms with Gasteiger partial charge in [-0.25, -0.2) is 4.98 Å². The standard InChI is InChI=1S/C18H20ClN5O2S/c1-11-10-22(2)21-14(11)17(25)23-6-8-24(9-7-23)18-20-15-13(26-3)5-4-12(19)16(15)27-18/h4-5,10H,6-9H2,1-3H3. The van der Waals surface area contributed by atoms with Gasteiger partial charge in [0.05, 0.1) is 16.8 Å². The zero-order chi connectivity index (χ0) is 19.1. The van der Waals surface area contributed by atoms with Crippen LogP contribution in [0.4, 0.5) is 5.13 Å². The Morgan fingerprint density at radius 2 is 2.00 bits per heavy atom. The molecule has 0 saturated carbocycles. The number of ether oxygens (including phenoxy) is 1. The molecule has 0 unspecified atom stereocenters. The fourth-order valence-corrected chi connectivity index (χ4v) is 4.62. The Hall–Kier alpha value is -2.32. The topological polar surface area (TPSA) is 63.5 Å². The highest BCUT2D eigenvalue weighted by Gasteiger charge is 2.26. The van der Waals surface area contributed by atoms with E-state index in [1.807, 2.05) is 37.2 Å². The van der Waals surface area contributed by atoms with Crippen LogP contribution in [0.5, 0.6) is 5.75 Å². The van der Waals surface area contributed by atoms with Gasteiger partial charge in [0, 0.05) is 45.0 Å². The molecule has 1 amide bonds. The van der Waals surface area contributed by atoms with Crippen molar-refractivity contribution in [3.63, 3.8) is 0 Å². The number of aryl methyl sites for hydroxylation is 2. The number of rotatable bonds is 3. The van der Waals surface area contributed by atoms with E-state index in [0.717, 1.165) is 39.8 Å². The van der Waals surface area contributed by atoms with Crippen molar-refractivity contribution in [3.05, 3.63) is 34.6 Å². The van der Waals surface area contributed by atoms with E-state index in [-0.39, 0.29) is 5.91 Å². The predicted molar refractivity (Wildman–Crippen MR) is 107 cm³/mol. The highest BCUT2D eigenvalue weighted by molar-refractivity contribution is 7.22. The molecule has 0 spiro atoms. The van der Waals surface area contributed by atoms with Crippen LogP contribution < -0.4 is 9.64 Å². The number of halogens is 1. The van der Waals surface area contributed by atoms with E-state index in [2.05, 4.69) is 10.00 Å². The van der Waals surface area contributed by atoms with Gasteiger partial charge in [-0.1, -0.05) is 22.9 Å². The molecule has 2 aromatic heterocycles. The van der Waals surface area contributed by atoms with Gasteiger partial charge in [-0.2, -0.15) is 5.10 Å². The molecule has 1 saturated heterocycles. The lowest BCUT2D eigenvalue weighted by molar-refractivity contribution is 0.0739. The molecular formula is C18H20ClN5O2S. The number of benzene rings is 1. The van der Waals surface area contributed by atoms with Crippen molar-refractivity contribution >= 4 is 44.2 Å². The van der Waals surface area contributed by atoms with Crippen LogP contribution in [-0.2, 0) is 7.05 Å². The van der Waals surface area contributed by atoms with Gasteiger partial charge in [-0.15, -0.1) is 0 Å². The smallest absolute Gasteiger partial charge is 0.274 e. The number of nitrogens with zero attached hydrogens (tertiary/aromatic N) is 5. The van der Waals surface area contributed by atoms with Crippen molar-refractivity contribution in [1.82, 2.24) is 19.7 Å². The van der Waals surface area contributed by atoms with Crippen LogP contribution >= 0.6 is 22.9 Å². The number of methoxy groups -OCH3 is 1. The van der Waals surface area contributed by atoms with Gasteiger partial charge in [0.1, 0.15) is 11.3 Å². The van der Waals surface area contributed by atoms with Gasteiger partial charge < -0.3 is 14.5 Å². The minimum atomic E-state index is -0.0123. The third-order valence-electron chi connectivity index (χ3n) is 4.72. The Morgan fingerprint density at radius 1 is 1.26 bits per heavy atom. The second-order valence-corrected chi connectivity index (χ2v) is 7.92. The number of hydrogen-bond acceptors (Lipinski definition) is 6. The van der Waals surface area contributed by atoms with Crippen LogP contribution in [-0.4, -0.2) is 58.9 Å². The van der Waals surface area contributed by atoms with Gasteiger partial charge in [0.25, 0.3) is 5.91 Å². The number of carbonyl (C=O) groups excluding carboxylic acids is 1. The van der Waals surface area contributed by atoms with E-state index in [0.29, 0.717) is 23.8 Å². The lowest BCUT2D eigenvalue weighted by Crippen LogP contribution is -2.49. The van der Waals surface area contributed by atoms with E-state index >= 15 is 0 Å². The normalized spacial score (nSPS) is 14.8. The molecule has 7 nitrogen and oxygen atoms in total. The quantitative estimate of drug-likeness (QED) is 0.670. The number of anilines is 1. The van der Waals surface area contributed by atoms with Crippen molar-refractivity contribution in [1.29, 1.82) is 0 Å². The van der Waals surface area contributed by atoms with Crippen molar-refractivity contribution < 1.29 is 9.53 Å². The summed E-state index contributed by atoms with van der Waals surface area (Å²) in [7, 11) is 3.46. The highest BCUT2D eigenvalue weighted by atomic mass is 35.5. The average Bonchev–Trinajstić information content (AvgIpc) is 3.26. The number of carbonyl (C=O) groups is 1. The van der Waals surface area contributed by atoms with E-state index in [9.17, 15) is 4.79 Å². The first-order valence-electron chi connectivity index (χ1n) is 8.65. The van der Waals surface area contributed by atoms with Gasteiger partial charge >= 0.3 is 0 Å². The Kier molecular flexibility index (Phi) is 4.69. The number of amides is 1. The maximum atomic E-state index is 12.7. The van der Waals surface area contributed by atoms with Crippen molar-refractivity contribution in [2.24, 2.45) is 7.05 Å². The van der Waals surface area contributed by atoms with Crippen LogP contribution in [0.1, 0.15) is 16.1 Å². The molecule has 3 heterocycles. The van der Waals surface area contributed by atoms with Crippen LogP contribution in [0.25, 0.3) is 10.2 Å². The van der Waals surface area contributed by atoms with Crippen LogP contribution in [0.2, 0.25) is 5.02 Å². The van der Waals surface area contributed by atoms with E-state index in [4.69, 9.17) is 21.3 Å². The van der Waals surface area contributed by atoms with Crippen LogP contribution in [0, 0.1) is 6.92 Å². The minimum Gasteiger partial charge on any atom is -0.494 e. The summed E-state index contributed by atoms with van der Waals surface area (Å²) >= 11 is 7.88. The summed E-state index contributed by atoms with van der Waals surface area (Å²) in [5.41, 5.74) is 2.22. The molecule has 4 rings (SSSR count). The number of thiazole rings is 1. The second-order valence-electron chi connectivity index (χ2n) is 6.54. The van der Waals surface area contributed by atoms with E-state index in [1.54, 1.807) is 23.1 Å². The molecule has 0 N–H and O–H groups in total. The fraction of sp³-hybridized carbons (Fsp3) is 0.389. The maximum Gasteiger partial charge on any atom is 0.274 e. The summed E-state index contributed by atoms with van der Waals surface area (Å²) in [5, 5.41) is 5.87. The summed E-state index contributed by atoms with van der Waals surface area (Å²) in [6, 6.07) is 3.66. The number of fused-ring (bicyclic) bond motifs is 1. The summed E-state index contributed by atoms with van der Waals surface area (Å²) in [6.07, 6.45) is 1.86. The third kappa shape index (κ3) is 3.23. The van der Waals surface area contributed by atoms with Crippen molar-refractivity contribution in [2.45, 2.75) is 6.92 Å². The predicted octanol–water partition coefficient (Wildman–Crippen LogP) is 2.96. The first-order valence-corrected chi connectivity index (χ1v) is 9.85. The Balaban J connectivity index is 1.51. The number of hydrogen-bond donors (Lipinski definition) is 0. The van der Waals surface area contributed by atoms with Gasteiger partial charge in [-0.05, 0) is 19.1 Å².